The van der Waals surface area contributed by atoms with Crippen molar-refractivity contribution in [3.05, 3.63) is 65.5 Å². The predicted molar refractivity (Wildman–Crippen MR) is 93.4 cm³/mol. The van der Waals surface area contributed by atoms with Crippen molar-refractivity contribution in [3.63, 3.8) is 0 Å². The molecule has 3 heteroatoms. The Labute approximate surface area is 132 Å². The summed E-state index contributed by atoms with van der Waals surface area (Å²) in [5.74, 6) is 0.333. The molecule has 22 heavy (non-hydrogen) atoms. The minimum Gasteiger partial charge on any atom is -0.507 e. The molecule has 0 radical (unpaired) electrons. The first-order valence-corrected chi connectivity index (χ1v) is 8.06. The number of benzene rings is 2. The van der Waals surface area contributed by atoms with E-state index in [0.717, 1.165) is 38.2 Å². The topological polar surface area (TPSA) is 36.0 Å². The number of hydrogen-bond acceptors (Lipinski definition) is 2. The van der Waals surface area contributed by atoms with Gasteiger partial charge in [0, 0.05) is 26.9 Å². The summed E-state index contributed by atoms with van der Waals surface area (Å²) < 4.78 is 0. The van der Waals surface area contributed by atoms with Gasteiger partial charge in [0.1, 0.15) is 5.75 Å². The van der Waals surface area contributed by atoms with Crippen LogP contribution in [0.15, 0.2) is 60.0 Å². The highest BCUT2D eigenvalue weighted by Crippen LogP contribution is 2.41. The molecule has 0 spiro atoms. The molecule has 0 atom stereocenters. The van der Waals surface area contributed by atoms with Crippen LogP contribution in [0.3, 0.4) is 0 Å². The first-order chi connectivity index (χ1) is 10.7. The lowest BCUT2D eigenvalue weighted by molar-refractivity contribution is 0.479. The Morgan fingerprint density at radius 3 is 2.55 bits per heavy atom. The molecule has 108 valence electrons. The lowest BCUT2D eigenvalue weighted by atomic mass is 10.0. The fourth-order valence-corrected chi connectivity index (χ4v) is 3.57. The molecule has 2 aromatic heterocycles. The summed E-state index contributed by atoms with van der Waals surface area (Å²) in [4.78, 5) is 4.48. The highest BCUT2D eigenvalue weighted by atomic mass is 32.1. The second-order valence-electron chi connectivity index (χ2n) is 5.46. The third-order valence-corrected chi connectivity index (χ3v) is 4.76. The van der Waals surface area contributed by atoms with Gasteiger partial charge in [-0.1, -0.05) is 24.3 Å². The zero-order valence-electron chi connectivity index (χ0n) is 12.1. The molecule has 2 aromatic carbocycles. The van der Waals surface area contributed by atoms with Gasteiger partial charge in [0.25, 0.3) is 0 Å². The van der Waals surface area contributed by atoms with E-state index in [4.69, 9.17) is 0 Å². The SMILES string of the molecule is Cc1cc(-c2cc3ccccc3[nH]2)c(O)c(-c2cccs2)c1. The minimum atomic E-state index is 0.333. The highest BCUT2D eigenvalue weighted by Gasteiger charge is 2.14. The molecule has 0 aliphatic carbocycles. The van der Waals surface area contributed by atoms with Crippen molar-refractivity contribution in [2.24, 2.45) is 0 Å². The first-order valence-electron chi connectivity index (χ1n) is 7.18. The highest BCUT2D eigenvalue weighted by molar-refractivity contribution is 7.13. The Morgan fingerprint density at radius 1 is 0.955 bits per heavy atom. The van der Waals surface area contributed by atoms with Gasteiger partial charge in [-0.05, 0) is 48.2 Å². The Hall–Kier alpha value is -2.52. The number of aromatic amines is 1. The van der Waals surface area contributed by atoms with E-state index in [1.807, 2.05) is 47.8 Å². The van der Waals surface area contributed by atoms with Crippen molar-refractivity contribution in [3.8, 4) is 27.4 Å². The Morgan fingerprint density at radius 2 is 1.77 bits per heavy atom. The van der Waals surface area contributed by atoms with Crippen molar-refractivity contribution in [2.75, 3.05) is 0 Å². The number of aromatic hydroxyl groups is 1. The molecule has 0 aliphatic heterocycles. The molecular weight excluding hydrogens is 290 g/mol. The van der Waals surface area contributed by atoms with Crippen LogP contribution in [-0.2, 0) is 0 Å². The molecule has 2 N–H and O–H groups in total. The fraction of sp³-hybridized carbons (Fsp3) is 0.0526. The van der Waals surface area contributed by atoms with Crippen LogP contribution >= 0.6 is 11.3 Å². The number of rotatable bonds is 2. The molecule has 0 bridgehead atoms. The summed E-state index contributed by atoms with van der Waals surface area (Å²) in [6, 6.07) is 18.3. The van der Waals surface area contributed by atoms with Crippen LogP contribution in [0.1, 0.15) is 5.56 Å². The number of aryl methyl sites for hydroxylation is 1. The lowest BCUT2D eigenvalue weighted by Crippen LogP contribution is -1.85. The van der Waals surface area contributed by atoms with Gasteiger partial charge in [0.05, 0.1) is 5.69 Å². The van der Waals surface area contributed by atoms with Gasteiger partial charge in [0.15, 0.2) is 0 Å². The fourth-order valence-electron chi connectivity index (χ4n) is 2.82. The molecule has 0 unspecified atom stereocenters. The van der Waals surface area contributed by atoms with Crippen molar-refractivity contribution in [2.45, 2.75) is 6.92 Å². The average molecular weight is 305 g/mol. The molecule has 4 rings (SSSR count). The second-order valence-corrected chi connectivity index (χ2v) is 6.40. The molecule has 0 amide bonds. The number of H-pyrrole nitrogens is 1. The standard InChI is InChI=1S/C19H15NOS/c1-12-9-14(17-11-13-5-2-3-6-16(13)20-17)19(21)15(10-12)18-7-4-8-22-18/h2-11,20-21H,1H3. The van der Waals surface area contributed by atoms with Crippen LogP contribution in [0.2, 0.25) is 0 Å². The van der Waals surface area contributed by atoms with Gasteiger partial charge >= 0.3 is 0 Å². The van der Waals surface area contributed by atoms with E-state index in [2.05, 4.69) is 24.0 Å². The lowest BCUT2D eigenvalue weighted by Gasteiger charge is -2.09. The summed E-state index contributed by atoms with van der Waals surface area (Å²) in [6.45, 7) is 2.06. The maximum atomic E-state index is 10.8. The van der Waals surface area contributed by atoms with Crippen LogP contribution in [0.4, 0.5) is 0 Å². The first kappa shape index (κ1) is 13.2. The number of nitrogens with one attached hydrogen (secondary N) is 1. The van der Waals surface area contributed by atoms with E-state index < -0.39 is 0 Å². The van der Waals surface area contributed by atoms with E-state index in [1.54, 1.807) is 11.3 Å². The summed E-state index contributed by atoms with van der Waals surface area (Å²) >= 11 is 1.64. The number of phenolic OH excluding ortho intramolecular Hbond substituents is 1. The van der Waals surface area contributed by atoms with Crippen molar-refractivity contribution >= 4 is 22.2 Å². The molecule has 0 saturated heterocycles. The van der Waals surface area contributed by atoms with Gasteiger partial charge in [-0.15, -0.1) is 11.3 Å². The maximum absolute atomic E-state index is 10.8. The second kappa shape index (κ2) is 5.04. The Balaban J connectivity index is 1.95. The molecule has 2 nitrogen and oxygen atoms in total. The molecular formula is C19H15NOS. The van der Waals surface area contributed by atoms with Crippen molar-refractivity contribution < 1.29 is 5.11 Å². The van der Waals surface area contributed by atoms with Crippen LogP contribution < -0.4 is 0 Å². The van der Waals surface area contributed by atoms with Crippen LogP contribution in [0.5, 0.6) is 5.75 Å². The number of aromatic nitrogens is 1. The number of thiophene rings is 1. The summed E-state index contributed by atoms with van der Waals surface area (Å²) in [5.41, 5.74) is 4.90. The number of fused-ring (bicyclic) bond motifs is 1. The monoisotopic (exact) mass is 305 g/mol. The van der Waals surface area contributed by atoms with Gasteiger partial charge in [-0.3, -0.25) is 0 Å². The van der Waals surface area contributed by atoms with E-state index in [0.29, 0.717) is 5.75 Å². The smallest absolute Gasteiger partial charge is 0.133 e. The molecule has 0 aliphatic rings. The van der Waals surface area contributed by atoms with E-state index >= 15 is 0 Å². The van der Waals surface area contributed by atoms with E-state index in [9.17, 15) is 5.11 Å². The normalized spacial score (nSPS) is 11.1. The summed E-state index contributed by atoms with van der Waals surface area (Å²) in [7, 11) is 0. The van der Waals surface area contributed by atoms with Crippen LogP contribution in [0.25, 0.3) is 32.6 Å². The van der Waals surface area contributed by atoms with Gasteiger partial charge < -0.3 is 10.1 Å². The van der Waals surface area contributed by atoms with E-state index in [-0.39, 0.29) is 0 Å². The zero-order chi connectivity index (χ0) is 15.1. The van der Waals surface area contributed by atoms with Crippen LogP contribution in [-0.4, -0.2) is 10.1 Å². The largest absolute Gasteiger partial charge is 0.507 e. The third-order valence-electron chi connectivity index (χ3n) is 3.86. The molecule has 0 fully saturated rings. The zero-order valence-corrected chi connectivity index (χ0v) is 12.9. The minimum absolute atomic E-state index is 0.333. The summed E-state index contributed by atoms with van der Waals surface area (Å²) in [5, 5.41) is 13.9. The molecule has 0 saturated carbocycles. The van der Waals surface area contributed by atoms with Gasteiger partial charge in [-0.2, -0.15) is 0 Å². The molecule has 2 heterocycles. The predicted octanol–water partition coefficient (Wildman–Crippen LogP) is 5.58. The molecule has 4 aromatic rings. The number of para-hydroxylation sites is 1. The van der Waals surface area contributed by atoms with Crippen molar-refractivity contribution in [1.82, 2.24) is 4.98 Å². The number of hydrogen-bond donors (Lipinski definition) is 2. The quantitative estimate of drug-likeness (QED) is 0.498. The average Bonchev–Trinajstić information content (AvgIpc) is 3.17. The van der Waals surface area contributed by atoms with Gasteiger partial charge in [-0.25, -0.2) is 0 Å². The van der Waals surface area contributed by atoms with Crippen LogP contribution in [0, 0.1) is 6.92 Å². The van der Waals surface area contributed by atoms with E-state index in [1.165, 1.54) is 0 Å². The summed E-state index contributed by atoms with van der Waals surface area (Å²) in [6.07, 6.45) is 0. The Bertz CT molecular complexity index is 918. The Kier molecular flexibility index (Phi) is 3.01. The van der Waals surface area contributed by atoms with Gasteiger partial charge in [0.2, 0.25) is 0 Å². The maximum Gasteiger partial charge on any atom is 0.133 e. The number of phenols is 1. The third kappa shape index (κ3) is 2.11. The van der Waals surface area contributed by atoms with Crippen molar-refractivity contribution in [1.29, 1.82) is 0 Å².